The second kappa shape index (κ2) is 8.82. The van der Waals surface area contributed by atoms with Crippen molar-refractivity contribution in [1.29, 1.82) is 0 Å². The molecule has 166 valence electrons. The summed E-state index contributed by atoms with van der Waals surface area (Å²) in [4.78, 5) is 17.4. The van der Waals surface area contributed by atoms with Crippen molar-refractivity contribution < 1.29 is 0 Å². The molecule has 4 nitrogen and oxygen atoms in total. The second-order valence-corrected chi connectivity index (χ2v) is 10.1. The van der Waals surface area contributed by atoms with Gasteiger partial charge in [-0.05, 0) is 92.8 Å². The summed E-state index contributed by atoms with van der Waals surface area (Å²) in [5.74, 6) is 0. The molecule has 4 heteroatoms. The van der Waals surface area contributed by atoms with E-state index in [1.54, 1.807) is 6.07 Å². The third-order valence-corrected chi connectivity index (χ3v) is 8.29. The first kappa shape index (κ1) is 20.8. The van der Waals surface area contributed by atoms with Crippen molar-refractivity contribution in [2.24, 2.45) is 5.41 Å². The van der Waals surface area contributed by atoms with E-state index in [9.17, 15) is 4.79 Å². The lowest BCUT2D eigenvalue weighted by molar-refractivity contribution is 0.0306. The molecule has 0 unspecified atom stereocenters. The van der Waals surface area contributed by atoms with Gasteiger partial charge in [0.15, 0.2) is 0 Å². The number of aryl methyl sites for hydroxylation is 1. The first-order valence-corrected chi connectivity index (χ1v) is 12.5. The number of piperidine rings is 2. The molecule has 3 heterocycles. The predicted octanol–water partition coefficient (Wildman–Crippen LogP) is 5.16. The van der Waals surface area contributed by atoms with E-state index in [0.717, 1.165) is 24.6 Å². The van der Waals surface area contributed by atoms with Crippen LogP contribution in [0, 0.1) is 5.41 Å². The van der Waals surface area contributed by atoms with Gasteiger partial charge >= 0.3 is 0 Å². The molecule has 5 rings (SSSR count). The summed E-state index contributed by atoms with van der Waals surface area (Å²) in [6.45, 7) is 7.92. The minimum absolute atomic E-state index is 0.0861. The Kier molecular flexibility index (Phi) is 5.92. The van der Waals surface area contributed by atoms with Crippen LogP contribution < -0.4 is 10.5 Å². The first-order chi connectivity index (χ1) is 15.2. The minimum Gasteiger partial charge on any atom is -0.371 e. The highest BCUT2D eigenvalue weighted by Gasteiger charge is 2.39. The molecular formula is C27H37N3O. The maximum Gasteiger partial charge on any atom is 0.250 e. The van der Waals surface area contributed by atoms with Gasteiger partial charge in [-0.1, -0.05) is 25.5 Å². The summed E-state index contributed by atoms with van der Waals surface area (Å²) < 4.78 is 1.82. The third-order valence-electron chi connectivity index (χ3n) is 8.29. The van der Waals surface area contributed by atoms with Gasteiger partial charge in [0, 0.05) is 43.6 Å². The van der Waals surface area contributed by atoms with E-state index in [-0.39, 0.29) is 5.56 Å². The Labute approximate surface area is 186 Å². The summed E-state index contributed by atoms with van der Waals surface area (Å²) in [6.07, 6.45) is 12.8. The molecule has 31 heavy (non-hydrogen) atoms. The van der Waals surface area contributed by atoms with E-state index in [1.807, 2.05) is 16.8 Å². The first-order valence-electron chi connectivity index (χ1n) is 12.5. The van der Waals surface area contributed by atoms with Crippen LogP contribution in [0.4, 0.5) is 5.69 Å². The number of aromatic nitrogens is 1. The lowest BCUT2D eigenvalue weighted by atomic mass is 9.70. The molecule has 0 amide bonds. The molecule has 1 aliphatic carbocycles. The molecule has 3 aliphatic rings. The smallest absolute Gasteiger partial charge is 0.250 e. The number of pyridine rings is 1. The van der Waals surface area contributed by atoms with Crippen molar-refractivity contribution in [1.82, 2.24) is 9.47 Å². The van der Waals surface area contributed by atoms with Crippen molar-refractivity contribution in [2.75, 3.05) is 31.1 Å². The molecule has 1 saturated carbocycles. The molecule has 0 atom stereocenters. The van der Waals surface area contributed by atoms with E-state index in [0.29, 0.717) is 5.41 Å². The van der Waals surface area contributed by atoms with Crippen molar-refractivity contribution >= 4 is 5.69 Å². The van der Waals surface area contributed by atoms with Crippen LogP contribution in [0.1, 0.15) is 58.3 Å². The van der Waals surface area contributed by atoms with Gasteiger partial charge in [-0.3, -0.25) is 4.79 Å². The average Bonchev–Trinajstić information content (AvgIpc) is 2.77. The zero-order valence-electron chi connectivity index (χ0n) is 19.1. The van der Waals surface area contributed by atoms with Gasteiger partial charge in [-0.25, -0.2) is 0 Å². The predicted molar refractivity (Wildman–Crippen MR) is 129 cm³/mol. The number of hydrogen-bond donors (Lipinski definition) is 0. The van der Waals surface area contributed by atoms with Gasteiger partial charge in [0.25, 0.3) is 5.56 Å². The standard InChI is InChI=1S/C27H37N3O/c1-2-16-30-21-23(8-11-26(30)31)22-6-9-25(10-7-22)29-19-14-27(15-20-29)12-17-28(18-13-27)24-4-3-5-24/h6-11,21,24H,2-5,12-20H2,1H3. The van der Waals surface area contributed by atoms with Gasteiger partial charge in [-0.2, -0.15) is 0 Å². The Morgan fingerprint density at radius 2 is 1.52 bits per heavy atom. The monoisotopic (exact) mass is 419 g/mol. The Morgan fingerprint density at radius 3 is 2.13 bits per heavy atom. The third kappa shape index (κ3) is 4.32. The number of likely N-dealkylation sites (tertiary alicyclic amines) is 1. The number of nitrogens with zero attached hydrogens (tertiary/aromatic N) is 3. The topological polar surface area (TPSA) is 28.5 Å². The highest BCUT2D eigenvalue weighted by Crippen LogP contribution is 2.43. The van der Waals surface area contributed by atoms with E-state index in [2.05, 4.69) is 41.0 Å². The molecule has 3 fully saturated rings. The molecule has 0 bridgehead atoms. The highest BCUT2D eigenvalue weighted by molar-refractivity contribution is 5.65. The normalized spacial score (nSPS) is 21.9. The van der Waals surface area contributed by atoms with Crippen LogP contribution in [0.2, 0.25) is 0 Å². The second-order valence-electron chi connectivity index (χ2n) is 10.1. The number of benzene rings is 1. The molecule has 0 radical (unpaired) electrons. The van der Waals surface area contributed by atoms with Crippen LogP contribution in [0.5, 0.6) is 0 Å². The van der Waals surface area contributed by atoms with Gasteiger partial charge in [0.05, 0.1) is 0 Å². The zero-order chi connectivity index (χ0) is 21.3. The fraction of sp³-hybridized carbons (Fsp3) is 0.593. The molecule has 1 aromatic heterocycles. The van der Waals surface area contributed by atoms with Crippen LogP contribution in [0.3, 0.4) is 0 Å². The van der Waals surface area contributed by atoms with Crippen molar-refractivity contribution in [2.45, 2.75) is 70.9 Å². The fourth-order valence-electron chi connectivity index (χ4n) is 5.84. The lowest BCUT2D eigenvalue weighted by Gasteiger charge is -2.50. The molecule has 2 aliphatic heterocycles. The SMILES string of the molecule is CCCn1cc(-c2ccc(N3CCC4(CC3)CCN(C3CCC3)CC4)cc2)ccc1=O. The van der Waals surface area contributed by atoms with Gasteiger partial charge in [0.1, 0.15) is 0 Å². The van der Waals surface area contributed by atoms with Crippen molar-refractivity contribution in [3.05, 3.63) is 52.9 Å². The summed E-state index contributed by atoms with van der Waals surface area (Å²) in [6, 6.07) is 13.5. The fourth-order valence-corrected chi connectivity index (χ4v) is 5.84. The van der Waals surface area contributed by atoms with Crippen LogP contribution in [0.25, 0.3) is 11.1 Å². The van der Waals surface area contributed by atoms with Gasteiger partial charge < -0.3 is 14.4 Å². The molecule has 2 saturated heterocycles. The maximum absolute atomic E-state index is 12.0. The molecular weight excluding hydrogens is 382 g/mol. The van der Waals surface area contributed by atoms with E-state index in [1.165, 1.54) is 82.4 Å². The van der Waals surface area contributed by atoms with Crippen molar-refractivity contribution in [3.63, 3.8) is 0 Å². The zero-order valence-corrected chi connectivity index (χ0v) is 19.1. The van der Waals surface area contributed by atoms with Crippen LogP contribution in [-0.2, 0) is 6.54 Å². The average molecular weight is 420 g/mol. The summed E-state index contributed by atoms with van der Waals surface area (Å²) >= 11 is 0. The lowest BCUT2D eigenvalue weighted by Crippen LogP contribution is -2.50. The van der Waals surface area contributed by atoms with Crippen molar-refractivity contribution in [3.8, 4) is 11.1 Å². The van der Waals surface area contributed by atoms with Crippen LogP contribution >= 0.6 is 0 Å². The van der Waals surface area contributed by atoms with E-state index < -0.39 is 0 Å². The molecule has 1 aromatic carbocycles. The molecule has 2 aromatic rings. The number of rotatable bonds is 5. The Bertz CT molecular complexity index is 926. The Hall–Kier alpha value is -2.07. The number of hydrogen-bond acceptors (Lipinski definition) is 3. The molecule has 0 N–H and O–H groups in total. The molecule has 1 spiro atoms. The minimum atomic E-state index is 0.0861. The number of anilines is 1. The van der Waals surface area contributed by atoms with Gasteiger partial charge in [0.2, 0.25) is 0 Å². The summed E-state index contributed by atoms with van der Waals surface area (Å²) in [5.41, 5.74) is 4.33. The Balaban J connectivity index is 1.20. The summed E-state index contributed by atoms with van der Waals surface area (Å²) in [5, 5.41) is 0. The van der Waals surface area contributed by atoms with Crippen LogP contribution in [-0.4, -0.2) is 41.7 Å². The van der Waals surface area contributed by atoms with E-state index >= 15 is 0 Å². The Morgan fingerprint density at radius 1 is 0.871 bits per heavy atom. The van der Waals surface area contributed by atoms with E-state index in [4.69, 9.17) is 0 Å². The summed E-state index contributed by atoms with van der Waals surface area (Å²) in [7, 11) is 0. The van der Waals surface area contributed by atoms with Crippen LogP contribution in [0.15, 0.2) is 47.4 Å². The quantitative estimate of drug-likeness (QED) is 0.670. The van der Waals surface area contributed by atoms with Gasteiger partial charge in [-0.15, -0.1) is 0 Å². The highest BCUT2D eigenvalue weighted by atomic mass is 16.1. The maximum atomic E-state index is 12.0. The largest absolute Gasteiger partial charge is 0.371 e.